The highest BCUT2D eigenvalue weighted by atomic mass is 79.9. The van der Waals surface area contributed by atoms with Crippen LogP contribution in [0.4, 0.5) is 10.5 Å². The first kappa shape index (κ1) is 17.8. The molecule has 1 saturated heterocycles. The Morgan fingerprint density at radius 3 is 2.70 bits per heavy atom. The van der Waals surface area contributed by atoms with Gasteiger partial charge < -0.3 is 15.0 Å². The Labute approximate surface area is 145 Å². The number of benzene rings is 1. The molecule has 1 unspecified atom stereocenters. The van der Waals surface area contributed by atoms with E-state index in [0.29, 0.717) is 13.0 Å². The van der Waals surface area contributed by atoms with Crippen LogP contribution >= 0.6 is 15.9 Å². The van der Waals surface area contributed by atoms with Gasteiger partial charge in [-0.1, -0.05) is 15.9 Å². The Morgan fingerprint density at radius 1 is 1.39 bits per heavy atom. The van der Waals surface area contributed by atoms with Gasteiger partial charge in [0, 0.05) is 16.7 Å². The van der Waals surface area contributed by atoms with Crippen LogP contribution in [0.1, 0.15) is 39.2 Å². The zero-order chi connectivity index (χ0) is 17.2. The third-order valence-corrected chi connectivity index (χ3v) is 4.47. The van der Waals surface area contributed by atoms with E-state index in [-0.39, 0.29) is 5.91 Å². The van der Waals surface area contributed by atoms with Crippen LogP contribution in [0.2, 0.25) is 0 Å². The number of halogens is 1. The maximum absolute atomic E-state index is 12.7. The summed E-state index contributed by atoms with van der Waals surface area (Å²) in [6.45, 7) is 8.04. The second kappa shape index (κ2) is 6.91. The normalized spacial score (nSPS) is 18.7. The Kier molecular flexibility index (Phi) is 5.34. The molecule has 1 aliphatic rings. The molecule has 23 heavy (non-hydrogen) atoms. The first-order valence-corrected chi connectivity index (χ1v) is 8.54. The molecule has 1 atom stereocenters. The summed E-state index contributed by atoms with van der Waals surface area (Å²) in [5.41, 5.74) is 1.34. The van der Waals surface area contributed by atoms with E-state index in [9.17, 15) is 9.59 Å². The summed E-state index contributed by atoms with van der Waals surface area (Å²) in [6.07, 6.45) is 0.912. The second-order valence-electron chi connectivity index (χ2n) is 6.76. The number of carbonyl (C=O) groups is 2. The van der Waals surface area contributed by atoms with E-state index in [2.05, 4.69) is 21.2 Å². The van der Waals surface area contributed by atoms with E-state index < -0.39 is 17.7 Å². The number of aryl methyl sites for hydroxylation is 1. The van der Waals surface area contributed by atoms with E-state index in [4.69, 9.17) is 4.74 Å². The van der Waals surface area contributed by atoms with Crippen LogP contribution in [-0.2, 0) is 9.53 Å². The fourth-order valence-corrected chi connectivity index (χ4v) is 2.76. The highest BCUT2D eigenvalue weighted by Crippen LogP contribution is 2.26. The van der Waals surface area contributed by atoms with E-state index in [1.807, 2.05) is 25.1 Å². The van der Waals surface area contributed by atoms with Gasteiger partial charge in [-0.25, -0.2) is 4.79 Å². The molecule has 0 saturated carbocycles. The second-order valence-corrected chi connectivity index (χ2v) is 7.62. The summed E-state index contributed by atoms with van der Waals surface area (Å²) in [5, 5.41) is 2.69. The quantitative estimate of drug-likeness (QED) is 0.846. The van der Waals surface area contributed by atoms with Crippen LogP contribution in [0.15, 0.2) is 22.7 Å². The lowest BCUT2D eigenvalue weighted by atomic mass is 10.0. The minimum atomic E-state index is -0.579. The minimum Gasteiger partial charge on any atom is -0.444 e. The summed E-state index contributed by atoms with van der Waals surface area (Å²) in [5.74, 6) is -0.0937. The van der Waals surface area contributed by atoms with Gasteiger partial charge in [-0.05, 0) is 64.3 Å². The van der Waals surface area contributed by atoms with Crippen LogP contribution in [0.5, 0.6) is 0 Å². The standard InChI is InChI=1S/C17H23BrN2O3/c1-11-10-12(7-8-13(11)18)20-9-5-6-14(15(20)21)19-16(22)23-17(2,3)4/h7-8,10,14H,5-6,9H2,1-4H3,(H,19,22). The molecule has 0 aromatic heterocycles. The molecule has 1 N–H and O–H groups in total. The SMILES string of the molecule is Cc1cc(N2CCCC(NC(=O)OC(C)(C)C)C2=O)ccc1Br. The lowest BCUT2D eigenvalue weighted by molar-refractivity contribution is -0.121. The molecule has 6 heteroatoms. The van der Waals surface area contributed by atoms with Gasteiger partial charge in [0.15, 0.2) is 0 Å². The average molecular weight is 383 g/mol. The van der Waals surface area contributed by atoms with Gasteiger partial charge in [0.05, 0.1) is 0 Å². The monoisotopic (exact) mass is 382 g/mol. The number of hydrogen-bond acceptors (Lipinski definition) is 3. The molecule has 1 aromatic rings. The van der Waals surface area contributed by atoms with Crippen molar-refractivity contribution in [1.29, 1.82) is 0 Å². The van der Waals surface area contributed by atoms with Crippen molar-refractivity contribution in [2.75, 3.05) is 11.4 Å². The number of amides is 2. The number of anilines is 1. The van der Waals surface area contributed by atoms with Crippen molar-refractivity contribution in [2.45, 2.75) is 52.2 Å². The van der Waals surface area contributed by atoms with Crippen molar-refractivity contribution < 1.29 is 14.3 Å². The number of piperidine rings is 1. The van der Waals surface area contributed by atoms with E-state index >= 15 is 0 Å². The van der Waals surface area contributed by atoms with E-state index in [1.165, 1.54) is 0 Å². The summed E-state index contributed by atoms with van der Waals surface area (Å²) in [6, 6.07) is 5.27. The zero-order valence-corrected chi connectivity index (χ0v) is 15.6. The topological polar surface area (TPSA) is 58.6 Å². The molecule has 0 bridgehead atoms. The Hall–Kier alpha value is -1.56. The minimum absolute atomic E-state index is 0.0937. The number of carbonyl (C=O) groups excluding carboxylic acids is 2. The van der Waals surface area contributed by atoms with Gasteiger partial charge in [0.1, 0.15) is 11.6 Å². The number of nitrogens with zero attached hydrogens (tertiary/aromatic N) is 1. The van der Waals surface area contributed by atoms with Gasteiger partial charge in [-0.3, -0.25) is 4.79 Å². The van der Waals surface area contributed by atoms with Crippen LogP contribution in [-0.4, -0.2) is 30.2 Å². The first-order chi connectivity index (χ1) is 10.7. The molecule has 2 amide bonds. The fraction of sp³-hybridized carbons (Fsp3) is 0.529. The first-order valence-electron chi connectivity index (χ1n) is 7.74. The van der Waals surface area contributed by atoms with Gasteiger partial charge in [-0.15, -0.1) is 0 Å². The maximum atomic E-state index is 12.7. The van der Waals surface area contributed by atoms with Crippen molar-refractivity contribution in [3.63, 3.8) is 0 Å². The largest absolute Gasteiger partial charge is 0.444 e. The Balaban J connectivity index is 2.09. The molecule has 1 aromatic carbocycles. The summed E-state index contributed by atoms with van der Waals surface area (Å²) >= 11 is 3.46. The average Bonchev–Trinajstić information content (AvgIpc) is 2.42. The smallest absolute Gasteiger partial charge is 0.408 e. The molecule has 2 rings (SSSR count). The Morgan fingerprint density at radius 2 is 2.09 bits per heavy atom. The number of alkyl carbamates (subject to hydrolysis) is 1. The molecular weight excluding hydrogens is 360 g/mol. The molecule has 0 aliphatic carbocycles. The van der Waals surface area contributed by atoms with E-state index in [1.54, 1.807) is 25.7 Å². The molecular formula is C17H23BrN2O3. The van der Waals surface area contributed by atoms with Crippen molar-refractivity contribution in [2.24, 2.45) is 0 Å². The fourth-order valence-electron chi connectivity index (χ4n) is 2.51. The molecule has 126 valence electrons. The maximum Gasteiger partial charge on any atom is 0.408 e. The van der Waals surface area contributed by atoms with Gasteiger partial charge in [-0.2, -0.15) is 0 Å². The Bertz CT molecular complexity index is 610. The summed E-state index contributed by atoms with van der Waals surface area (Å²) < 4.78 is 6.25. The highest BCUT2D eigenvalue weighted by Gasteiger charge is 2.32. The number of rotatable bonds is 2. The molecule has 1 aliphatic heterocycles. The molecule has 0 spiro atoms. The predicted molar refractivity (Wildman–Crippen MR) is 93.6 cm³/mol. The summed E-state index contributed by atoms with van der Waals surface area (Å²) in [7, 11) is 0. The van der Waals surface area contributed by atoms with Crippen molar-refractivity contribution in [1.82, 2.24) is 5.32 Å². The summed E-state index contributed by atoms with van der Waals surface area (Å²) in [4.78, 5) is 26.3. The van der Waals surface area contributed by atoms with Crippen molar-refractivity contribution in [3.8, 4) is 0 Å². The lowest BCUT2D eigenvalue weighted by Crippen LogP contribution is -2.53. The predicted octanol–water partition coefficient (Wildman–Crippen LogP) is 3.78. The van der Waals surface area contributed by atoms with Crippen LogP contribution in [0.25, 0.3) is 0 Å². The number of hydrogen-bond donors (Lipinski definition) is 1. The number of nitrogens with one attached hydrogen (secondary N) is 1. The van der Waals surface area contributed by atoms with Crippen molar-refractivity contribution in [3.05, 3.63) is 28.2 Å². The third kappa shape index (κ3) is 4.70. The van der Waals surface area contributed by atoms with E-state index in [0.717, 1.165) is 22.1 Å². The highest BCUT2D eigenvalue weighted by molar-refractivity contribution is 9.10. The lowest BCUT2D eigenvalue weighted by Gasteiger charge is -2.33. The van der Waals surface area contributed by atoms with Crippen LogP contribution < -0.4 is 10.2 Å². The molecule has 5 nitrogen and oxygen atoms in total. The van der Waals surface area contributed by atoms with Gasteiger partial charge >= 0.3 is 6.09 Å². The zero-order valence-electron chi connectivity index (χ0n) is 14.0. The third-order valence-electron chi connectivity index (χ3n) is 3.58. The van der Waals surface area contributed by atoms with Crippen molar-refractivity contribution >= 4 is 33.6 Å². The molecule has 0 radical (unpaired) electrons. The van der Waals surface area contributed by atoms with Crippen LogP contribution in [0.3, 0.4) is 0 Å². The molecule has 1 fully saturated rings. The molecule has 1 heterocycles. The number of ether oxygens (including phenoxy) is 1. The van der Waals surface area contributed by atoms with Gasteiger partial charge in [0.25, 0.3) is 0 Å². The van der Waals surface area contributed by atoms with Crippen LogP contribution in [0, 0.1) is 6.92 Å². The van der Waals surface area contributed by atoms with Gasteiger partial charge in [0.2, 0.25) is 5.91 Å².